The number of halogens is 2. The van der Waals surface area contributed by atoms with Gasteiger partial charge in [-0.1, -0.05) is 44.8 Å². The number of benzene rings is 1. The molecule has 2 rings (SSSR count). The zero-order chi connectivity index (χ0) is 13.8. The number of rotatable bonds is 5. The monoisotopic (exact) mass is 385 g/mol. The van der Waals surface area contributed by atoms with E-state index < -0.39 is 0 Å². The largest absolute Gasteiger partial charge is 0.306 e. The van der Waals surface area contributed by atoms with Crippen molar-refractivity contribution in [3.8, 4) is 0 Å². The molecular weight excluding hydrogens is 370 g/mol. The number of nitrogens with one attached hydrogen (secondary N) is 1. The maximum Gasteiger partial charge on any atom is 0.0619 e. The molecule has 0 saturated heterocycles. The SMILES string of the molecule is CCCNC(c1cnn(C)c1)c1ccc(Br)cc1Br. The number of hydrogen-bond acceptors (Lipinski definition) is 2. The highest BCUT2D eigenvalue weighted by Crippen LogP contribution is 2.30. The van der Waals surface area contributed by atoms with Gasteiger partial charge in [0, 0.05) is 27.8 Å². The van der Waals surface area contributed by atoms with Gasteiger partial charge in [0.05, 0.1) is 12.2 Å². The second kappa shape index (κ2) is 6.68. The summed E-state index contributed by atoms with van der Waals surface area (Å²) in [5.74, 6) is 0. The number of aromatic nitrogens is 2. The van der Waals surface area contributed by atoms with Gasteiger partial charge in [-0.05, 0) is 30.7 Å². The van der Waals surface area contributed by atoms with Crippen molar-refractivity contribution in [2.75, 3.05) is 6.54 Å². The van der Waals surface area contributed by atoms with Crippen molar-refractivity contribution in [3.63, 3.8) is 0 Å². The minimum Gasteiger partial charge on any atom is -0.306 e. The molecule has 0 spiro atoms. The van der Waals surface area contributed by atoms with Crippen LogP contribution in [0.5, 0.6) is 0 Å². The molecule has 0 aliphatic carbocycles. The van der Waals surface area contributed by atoms with Crippen molar-refractivity contribution in [3.05, 3.63) is 50.7 Å². The summed E-state index contributed by atoms with van der Waals surface area (Å²) >= 11 is 7.14. The fraction of sp³-hybridized carbons (Fsp3) is 0.357. The molecule has 0 bridgehead atoms. The van der Waals surface area contributed by atoms with E-state index in [0.29, 0.717) is 0 Å². The van der Waals surface area contributed by atoms with E-state index in [-0.39, 0.29) is 6.04 Å². The Hall–Kier alpha value is -0.650. The first-order valence-electron chi connectivity index (χ1n) is 6.28. The van der Waals surface area contributed by atoms with Crippen LogP contribution < -0.4 is 5.32 Å². The molecule has 19 heavy (non-hydrogen) atoms. The quantitative estimate of drug-likeness (QED) is 0.840. The van der Waals surface area contributed by atoms with Crippen molar-refractivity contribution in [1.29, 1.82) is 0 Å². The molecule has 0 aliphatic rings. The van der Waals surface area contributed by atoms with Crippen molar-refractivity contribution >= 4 is 31.9 Å². The van der Waals surface area contributed by atoms with Crippen LogP contribution in [0.25, 0.3) is 0 Å². The molecule has 2 aromatic rings. The van der Waals surface area contributed by atoms with E-state index in [1.54, 1.807) is 0 Å². The van der Waals surface area contributed by atoms with Crippen LogP contribution in [0.3, 0.4) is 0 Å². The fourth-order valence-corrected chi connectivity index (χ4v) is 3.30. The zero-order valence-electron chi connectivity index (χ0n) is 11.0. The smallest absolute Gasteiger partial charge is 0.0619 e. The Balaban J connectivity index is 2.36. The third kappa shape index (κ3) is 3.68. The Labute approximate surface area is 130 Å². The highest BCUT2D eigenvalue weighted by atomic mass is 79.9. The summed E-state index contributed by atoms with van der Waals surface area (Å²) < 4.78 is 4.01. The summed E-state index contributed by atoms with van der Waals surface area (Å²) in [6.45, 7) is 3.14. The van der Waals surface area contributed by atoms with Gasteiger partial charge in [-0.15, -0.1) is 0 Å². The third-order valence-electron chi connectivity index (χ3n) is 2.93. The van der Waals surface area contributed by atoms with Crippen molar-refractivity contribution in [2.24, 2.45) is 7.05 Å². The summed E-state index contributed by atoms with van der Waals surface area (Å²) in [4.78, 5) is 0. The lowest BCUT2D eigenvalue weighted by Crippen LogP contribution is -2.23. The van der Waals surface area contributed by atoms with E-state index in [4.69, 9.17) is 0 Å². The Bertz CT molecular complexity index is 551. The van der Waals surface area contributed by atoms with E-state index in [0.717, 1.165) is 21.9 Å². The second-order valence-corrected chi connectivity index (χ2v) is 6.27. The van der Waals surface area contributed by atoms with E-state index >= 15 is 0 Å². The van der Waals surface area contributed by atoms with Crippen molar-refractivity contribution in [2.45, 2.75) is 19.4 Å². The van der Waals surface area contributed by atoms with Gasteiger partial charge >= 0.3 is 0 Å². The normalized spacial score (nSPS) is 12.6. The first-order valence-corrected chi connectivity index (χ1v) is 7.87. The van der Waals surface area contributed by atoms with Crippen LogP contribution in [0.15, 0.2) is 39.5 Å². The number of aryl methyl sites for hydroxylation is 1. The minimum atomic E-state index is 0.163. The van der Waals surface area contributed by atoms with E-state index in [2.05, 4.69) is 73.6 Å². The van der Waals surface area contributed by atoms with Gasteiger partial charge < -0.3 is 5.32 Å². The Kier molecular flexibility index (Phi) is 5.19. The number of nitrogens with zero attached hydrogens (tertiary/aromatic N) is 2. The first kappa shape index (κ1) is 14.8. The lowest BCUT2D eigenvalue weighted by molar-refractivity contribution is 0.596. The molecule has 102 valence electrons. The highest BCUT2D eigenvalue weighted by Gasteiger charge is 2.17. The zero-order valence-corrected chi connectivity index (χ0v) is 14.2. The Morgan fingerprint density at radius 2 is 2.16 bits per heavy atom. The molecule has 0 aliphatic heterocycles. The summed E-state index contributed by atoms with van der Waals surface area (Å²) in [6.07, 6.45) is 5.08. The maximum atomic E-state index is 4.27. The molecule has 1 N–H and O–H groups in total. The van der Waals surface area contributed by atoms with Crippen LogP contribution >= 0.6 is 31.9 Å². The van der Waals surface area contributed by atoms with Gasteiger partial charge in [-0.2, -0.15) is 5.10 Å². The van der Waals surface area contributed by atoms with Crippen LogP contribution in [-0.2, 0) is 7.05 Å². The van der Waals surface area contributed by atoms with Gasteiger partial charge in [0.25, 0.3) is 0 Å². The van der Waals surface area contributed by atoms with Gasteiger partial charge in [0.2, 0.25) is 0 Å². The third-order valence-corrected chi connectivity index (χ3v) is 4.11. The topological polar surface area (TPSA) is 29.9 Å². The van der Waals surface area contributed by atoms with Crippen LogP contribution in [0.2, 0.25) is 0 Å². The first-order chi connectivity index (χ1) is 9.11. The molecule has 0 fully saturated rings. The molecule has 1 atom stereocenters. The van der Waals surface area contributed by atoms with Gasteiger partial charge in [-0.3, -0.25) is 4.68 Å². The summed E-state index contributed by atoms with van der Waals surface area (Å²) in [7, 11) is 1.94. The molecule has 1 aromatic heterocycles. The van der Waals surface area contributed by atoms with Gasteiger partial charge in [-0.25, -0.2) is 0 Å². The maximum absolute atomic E-state index is 4.27. The molecule has 1 aromatic carbocycles. The van der Waals surface area contributed by atoms with Crippen LogP contribution in [0.4, 0.5) is 0 Å². The van der Waals surface area contributed by atoms with Gasteiger partial charge in [0.15, 0.2) is 0 Å². The summed E-state index contributed by atoms with van der Waals surface area (Å²) in [5, 5.41) is 7.85. The lowest BCUT2D eigenvalue weighted by atomic mass is 10.0. The lowest BCUT2D eigenvalue weighted by Gasteiger charge is -2.19. The van der Waals surface area contributed by atoms with Crippen molar-refractivity contribution < 1.29 is 0 Å². The average Bonchev–Trinajstić information content (AvgIpc) is 2.78. The summed E-state index contributed by atoms with van der Waals surface area (Å²) in [6, 6.07) is 6.44. The van der Waals surface area contributed by atoms with Crippen LogP contribution in [0.1, 0.15) is 30.5 Å². The Morgan fingerprint density at radius 1 is 1.37 bits per heavy atom. The molecule has 1 unspecified atom stereocenters. The second-order valence-electron chi connectivity index (χ2n) is 4.50. The van der Waals surface area contributed by atoms with Crippen LogP contribution in [-0.4, -0.2) is 16.3 Å². The molecule has 3 nitrogen and oxygen atoms in total. The fourth-order valence-electron chi connectivity index (χ4n) is 2.02. The average molecular weight is 387 g/mol. The standard InChI is InChI=1S/C14H17Br2N3/c1-3-6-17-14(10-8-18-19(2)9-10)12-5-4-11(15)7-13(12)16/h4-5,7-9,14,17H,3,6H2,1-2H3. The molecular formula is C14H17Br2N3. The van der Waals surface area contributed by atoms with Crippen molar-refractivity contribution in [1.82, 2.24) is 15.1 Å². The van der Waals surface area contributed by atoms with E-state index in [1.807, 2.05) is 17.9 Å². The highest BCUT2D eigenvalue weighted by molar-refractivity contribution is 9.11. The molecule has 0 saturated carbocycles. The molecule has 1 heterocycles. The number of hydrogen-bond donors (Lipinski definition) is 1. The molecule has 5 heteroatoms. The van der Waals surface area contributed by atoms with Crippen LogP contribution in [0, 0.1) is 0 Å². The molecule has 0 radical (unpaired) electrons. The van der Waals surface area contributed by atoms with Gasteiger partial charge in [0.1, 0.15) is 0 Å². The van der Waals surface area contributed by atoms with E-state index in [1.165, 1.54) is 11.1 Å². The van der Waals surface area contributed by atoms with E-state index in [9.17, 15) is 0 Å². The Morgan fingerprint density at radius 3 is 2.74 bits per heavy atom. The minimum absolute atomic E-state index is 0.163. The molecule has 0 amide bonds. The summed E-state index contributed by atoms with van der Waals surface area (Å²) in [5.41, 5.74) is 2.41. The predicted molar refractivity (Wildman–Crippen MR) is 85.2 cm³/mol. The predicted octanol–water partition coefficient (Wildman–Crippen LogP) is 4.03.